The number of anilines is 1. The number of carbonyl (C=O) groups excluding carboxylic acids is 2. The average Bonchev–Trinajstić information content (AvgIpc) is 2.97. The van der Waals surface area contributed by atoms with Gasteiger partial charge in [-0.25, -0.2) is 0 Å². The fraction of sp³-hybridized carbons (Fsp3) is 0.120. The molecule has 0 radical (unpaired) electrons. The van der Waals surface area contributed by atoms with E-state index in [2.05, 4.69) is 5.32 Å². The number of aryl methyl sites for hydroxylation is 2. The number of nitrogens with zero attached hydrogens (tertiary/aromatic N) is 1. The largest absolute Gasteiger partial charge is 0.350 e. The van der Waals surface area contributed by atoms with Crippen LogP contribution in [0.3, 0.4) is 0 Å². The summed E-state index contributed by atoms with van der Waals surface area (Å²) >= 11 is 12.5. The monoisotopic (exact) mass is 450 g/mol. The molecule has 2 amide bonds. The summed E-state index contributed by atoms with van der Waals surface area (Å²) in [5.41, 5.74) is 4.55. The number of amides is 2. The number of hydrogen-bond acceptors (Lipinski definition) is 3. The van der Waals surface area contributed by atoms with E-state index in [1.807, 2.05) is 62.4 Å². The van der Waals surface area contributed by atoms with E-state index in [0.29, 0.717) is 32.4 Å². The zero-order valence-corrected chi connectivity index (χ0v) is 18.6. The molecule has 0 saturated heterocycles. The van der Waals surface area contributed by atoms with Gasteiger partial charge in [-0.15, -0.1) is 0 Å². The van der Waals surface area contributed by atoms with E-state index in [4.69, 9.17) is 23.2 Å². The molecule has 1 aliphatic heterocycles. The van der Waals surface area contributed by atoms with Gasteiger partial charge in [-0.1, -0.05) is 77.3 Å². The first kappa shape index (κ1) is 21.2. The van der Waals surface area contributed by atoms with Crippen molar-refractivity contribution in [3.05, 3.63) is 105 Å². The van der Waals surface area contributed by atoms with Gasteiger partial charge in [-0.3, -0.25) is 14.5 Å². The Bertz CT molecular complexity index is 1220. The summed E-state index contributed by atoms with van der Waals surface area (Å²) in [5, 5.41) is 4.22. The summed E-state index contributed by atoms with van der Waals surface area (Å²) < 4.78 is 0. The molecule has 156 valence electrons. The number of imide groups is 1. The first-order valence-electron chi connectivity index (χ1n) is 9.79. The van der Waals surface area contributed by atoms with Crippen LogP contribution in [0.25, 0.3) is 5.57 Å². The fourth-order valence-corrected chi connectivity index (χ4v) is 3.81. The summed E-state index contributed by atoms with van der Waals surface area (Å²) in [6.07, 6.45) is 0. The molecule has 1 heterocycles. The van der Waals surface area contributed by atoms with Gasteiger partial charge in [-0.2, -0.15) is 0 Å². The zero-order chi connectivity index (χ0) is 22.1. The molecule has 0 spiro atoms. The molecule has 0 atom stereocenters. The molecule has 0 aliphatic carbocycles. The molecule has 31 heavy (non-hydrogen) atoms. The van der Waals surface area contributed by atoms with Crippen LogP contribution in [0.1, 0.15) is 22.3 Å². The third kappa shape index (κ3) is 4.22. The van der Waals surface area contributed by atoms with Crippen LogP contribution in [0.15, 0.2) is 72.4 Å². The van der Waals surface area contributed by atoms with Crippen LogP contribution in [0, 0.1) is 13.8 Å². The van der Waals surface area contributed by atoms with E-state index in [9.17, 15) is 9.59 Å². The van der Waals surface area contributed by atoms with E-state index in [-0.39, 0.29) is 18.1 Å². The minimum absolute atomic E-state index is 0.0898. The lowest BCUT2D eigenvalue weighted by Crippen LogP contribution is -2.32. The van der Waals surface area contributed by atoms with Gasteiger partial charge in [0.25, 0.3) is 11.8 Å². The quantitative estimate of drug-likeness (QED) is 0.484. The molecule has 0 fully saturated rings. The molecule has 4 nitrogen and oxygen atoms in total. The van der Waals surface area contributed by atoms with Crippen molar-refractivity contribution in [1.29, 1.82) is 0 Å². The van der Waals surface area contributed by atoms with Crippen molar-refractivity contribution in [1.82, 2.24) is 4.90 Å². The maximum atomic E-state index is 13.4. The van der Waals surface area contributed by atoms with E-state index < -0.39 is 5.91 Å². The summed E-state index contributed by atoms with van der Waals surface area (Å²) in [7, 11) is 0. The highest BCUT2D eigenvalue weighted by Gasteiger charge is 2.39. The van der Waals surface area contributed by atoms with Gasteiger partial charge in [0.05, 0.1) is 12.1 Å². The van der Waals surface area contributed by atoms with Crippen molar-refractivity contribution in [2.45, 2.75) is 20.4 Å². The predicted octanol–water partition coefficient (Wildman–Crippen LogP) is 6.00. The number of rotatable bonds is 5. The minimum atomic E-state index is -0.405. The maximum absolute atomic E-state index is 13.4. The zero-order valence-electron chi connectivity index (χ0n) is 17.1. The molecule has 3 aromatic rings. The van der Waals surface area contributed by atoms with Crippen molar-refractivity contribution < 1.29 is 9.59 Å². The highest BCUT2D eigenvalue weighted by atomic mass is 35.5. The number of benzene rings is 3. The van der Waals surface area contributed by atoms with E-state index in [1.54, 1.807) is 18.2 Å². The Labute approximate surface area is 191 Å². The number of halogens is 2. The van der Waals surface area contributed by atoms with Gasteiger partial charge in [0.1, 0.15) is 5.70 Å². The van der Waals surface area contributed by atoms with Gasteiger partial charge in [-0.05, 0) is 48.7 Å². The Hall–Kier alpha value is -3.08. The molecular formula is C25H20Cl2N2O2. The Balaban J connectivity index is 1.76. The molecule has 1 aliphatic rings. The van der Waals surface area contributed by atoms with Crippen LogP contribution < -0.4 is 5.32 Å². The summed E-state index contributed by atoms with van der Waals surface area (Å²) in [4.78, 5) is 27.9. The standard InChI is InChI=1S/C25H20Cl2N2O2/c1-15-7-10-17(11-8-15)22-23(28-19-12-9-16(2)21(27)13-19)25(31)29(24(22)30)14-18-5-3-4-6-20(18)26/h3-13,28H,14H2,1-2H3. The number of hydrogen-bond donors (Lipinski definition) is 1. The molecule has 6 heteroatoms. The van der Waals surface area contributed by atoms with Crippen LogP contribution in [-0.4, -0.2) is 16.7 Å². The smallest absolute Gasteiger partial charge is 0.278 e. The summed E-state index contributed by atoms with van der Waals surface area (Å²) in [6, 6.07) is 20.1. The van der Waals surface area contributed by atoms with Crippen LogP contribution >= 0.6 is 23.2 Å². The van der Waals surface area contributed by atoms with Crippen molar-refractivity contribution >= 4 is 46.3 Å². The van der Waals surface area contributed by atoms with Gasteiger partial charge in [0.2, 0.25) is 0 Å². The van der Waals surface area contributed by atoms with Gasteiger partial charge in [0, 0.05) is 15.7 Å². The fourth-order valence-electron chi connectivity index (χ4n) is 3.44. The third-order valence-electron chi connectivity index (χ3n) is 5.24. The molecule has 0 saturated carbocycles. The molecular weight excluding hydrogens is 431 g/mol. The van der Waals surface area contributed by atoms with E-state index >= 15 is 0 Å². The van der Waals surface area contributed by atoms with Crippen LogP contribution in [0.5, 0.6) is 0 Å². The van der Waals surface area contributed by atoms with Gasteiger partial charge in [0.15, 0.2) is 0 Å². The Kier molecular flexibility index (Phi) is 5.86. The average molecular weight is 451 g/mol. The Morgan fingerprint density at radius 1 is 0.839 bits per heavy atom. The molecule has 3 aromatic carbocycles. The maximum Gasteiger partial charge on any atom is 0.278 e. The topological polar surface area (TPSA) is 49.4 Å². The van der Waals surface area contributed by atoms with Crippen molar-refractivity contribution in [3.8, 4) is 0 Å². The number of nitrogens with one attached hydrogen (secondary N) is 1. The lowest BCUT2D eigenvalue weighted by atomic mass is 10.0. The van der Waals surface area contributed by atoms with E-state index in [1.165, 1.54) is 4.90 Å². The second-order valence-corrected chi connectivity index (χ2v) is 8.31. The molecule has 0 bridgehead atoms. The van der Waals surface area contributed by atoms with Crippen molar-refractivity contribution in [3.63, 3.8) is 0 Å². The third-order valence-corrected chi connectivity index (χ3v) is 6.01. The first-order chi connectivity index (χ1) is 14.8. The second-order valence-electron chi connectivity index (χ2n) is 7.49. The highest BCUT2D eigenvalue weighted by molar-refractivity contribution is 6.37. The van der Waals surface area contributed by atoms with E-state index in [0.717, 1.165) is 11.1 Å². The lowest BCUT2D eigenvalue weighted by molar-refractivity contribution is -0.137. The van der Waals surface area contributed by atoms with Crippen LogP contribution in [0.2, 0.25) is 10.0 Å². The first-order valence-corrected chi connectivity index (χ1v) is 10.5. The van der Waals surface area contributed by atoms with Crippen molar-refractivity contribution in [2.75, 3.05) is 5.32 Å². The van der Waals surface area contributed by atoms with Gasteiger partial charge < -0.3 is 5.32 Å². The Morgan fingerprint density at radius 2 is 1.55 bits per heavy atom. The van der Waals surface area contributed by atoms with Crippen LogP contribution in [-0.2, 0) is 16.1 Å². The minimum Gasteiger partial charge on any atom is -0.350 e. The normalized spacial score (nSPS) is 13.9. The summed E-state index contributed by atoms with van der Waals surface area (Å²) in [6.45, 7) is 3.96. The van der Waals surface area contributed by atoms with Crippen LogP contribution in [0.4, 0.5) is 5.69 Å². The lowest BCUT2D eigenvalue weighted by Gasteiger charge is -2.16. The predicted molar refractivity (Wildman–Crippen MR) is 125 cm³/mol. The Morgan fingerprint density at radius 3 is 2.23 bits per heavy atom. The second kappa shape index (κ2) is 8.58. The molecule has 0 aromatic heterocycles. The summed E-state index contributed by atoms with van der Waals surface area (Å²) in [5.74, 6) is -0.772. The number of carbonyl (C=O) groups is 2. The molecule has 4 rings (SSSR count). The molecule has 1 N–H and O–H groups in total. The van der Waals surface area contributed by atoms with Gasteiger partial charge >= 0.3 is 0 Å². The highest BCUT2D eigenvalue weighted by Crippen LogP contribution is 2.33. The molecule has 0 unspecified atom stereocenters. The van der Waals surface area contributed by atoms with Crippen molar-refractivity contribution in [2.24, 2.45) is 0 Å². The SMILES string of the molecule is Cc1ccc(C2=C(Nc3ccc(C)c(Cl)c3)C(=O)N(Cc3ccccc3Cl)C2=O)cc1.